The quantitative estimate of drug-likeness (QED) is 0.773. The maximum absolute atomic E-state index is 13.6. The van der Waals surface area contributed by atoms with E-state index in [9.17, 15) is 14.0 Å². The molecule has 0 aliphatic heterocycles. The van der Waals surface area contributed by atoms with E-state index in [-0.39, 0.29) is 18.1 Å². The molecule has 0 spiro atoms. The average Bonchev–Trinajstić information content (AvgIpc) is 2.59. The second-order valence-electron chi connectivity index (χ2n) is 5.74. The van der Waals surface area contributed by atoms with Crippen LogP contribution in [0.3, 0.4) is 0 Å². The predicted molar refractivity (Wildman–Crippen MR) is 102 cm³/mol. The standard InChI is InChI=1S/C18H18Cl2FN3O2/c1-11(18(26)23-16-6-4-3-5-15(16)21)24(2)10-17(25)22-12-7-8-13(19)14(20)9-12/h3-9,11H,10H2,1-2H3,(H,22,25)(H,23,26). The molecule has 1 unspecified atom stereocenters. The molecule has 0 saturated carbocycles. The zero-order chi connectivity index (χ0) is 19.3. The summed E-state index contributed by atoms with van der Waals surface area (Å²) in [6.45, 7) is 1.59. The molecule has 1 atom stereocenters. The predicted octanol–water partition coefficient (Wildman–Crippen LogP) is 4.03. The Hall–Kier alpha value is -2.15. The smallest absolute Gasteiger partial charge is 0.241 e. The Bertz CT molecular complexity index is 817. The number of nitrogens with one attached hydrogen (secondary N) is 2. The number of likely N-dealkylation sites (N-methyl/N-ethyl adjacent to an activating group) is 1. The number of halogens is 3. The van der Waals surface area contributed by atoms with Crippen LogP contribution >= 0.6 is 23.2 Å². The Kier molecular flexibility index (Phi) is 6.97. The molecule has 0 aliphatic rings. The summed E-state index contributed by atoms with van der Waals surface area (Å²) in [5, 5.41) is 5.90. The number of rotatable bonds is 6. The van der Waals surface area contributed by atoms with Crippen LogP contribution in [-0.2, 0) is 9.59 Å². The summed E-state index contributed by atoms with van der Waals surface area (Å²) < 4.78 is 13.6. The summed E-state index contributed by atoms with van der Waals surface area (Å²) in [5.74, 6) is -1.26. The maximum atomic E-state index is 13.6. The highest BCUT2D eigenvalue weighted by atomic mass is 35.5. The summed E-state index contributed by atoms with van der Waals surface area (Å²) in [6.07, 6.45) is 0. The van der Waals surface area contributed by atoms with Crippen LogP contribution in [0.15, 0.2) is 42.5 Å². The zero-order valence-electron chi connectivity index (χ0n) is 14.2. The van der Waals surface area contributed by atoms with E-state index in [0.29, 0.717) is 15.7 Å². The largest absolute Gasteiger partial charge is 0.325 e. The molecule has 0 heterocycles. The summed E-state index contributed by atoms with van der Waals surface area (Å²) in [6, 6.07) is 9.98. The number of carbonyl (C=O) groups is 2. The highest BCUT2D eigenvalue weighted by molar-refractivity contribution is 6.42. The van der Waals surface area contributed by atoms with E-state index in [0.717, 1.165) is 0 Å². The van der Waals surface area contributed by atoms with E-state index >= 15 is 0 Å². The monoisotopic (exact) mass is 397 g/mol. The van der Waals surface area contributed by atoms with Crippen molar-refractivity contribution in [2.75, 3.05) is 24.2 Å². The molecule has 2 rings (SSSR count). The normalized spacial score (nSPS) is 11.9. The molecule has 5 nitrogen and oxygen atoms in total. The maximum Gasteiger partial charge on any atom is 0.241 e. The number of benzene rings is 2. The van der Waals surface area contributed by atoms with Crippen LogP contribution in [0.1, 0.15) is 6.92 Å². The Labute approximate surface area is 161 Å². The van der Waals surface area contributed by atoms with Gasteiger partial charge in [-0.15, -0.1) is 0 Å². The molecule has 2 N–H and O–H groups in total. The van der Waals surface area contributed by atoms with E-state index in [1.54, 1.807) is 37.1 Å². The molecule has 0 aromatic heterocycles. The average molecular weight is 398 g/mol. The highest BCUT2D eigenvalue weighted by Gasteiger charge is 2.21. The third-order valence-electron chi connectivity index (χ3n) is 3.77. The van der Waals surface area contributed by atoms with Gasteiger partial charge in [-0.25, -0.2) is 4.39 Å². The second kappa shape index (κ2) is 8.98. The SMILES string of the molecule is CC(C(=O)Nc1ccccc1F)N(C)CC(=O)Nc1ccc(Cl)c(Cl)c1. The first-order valence-electron chi connectivity index (χ1n) is 7.78. The van der Waals surface area contributed by atoms with Crippen LogP contribution in [0, 0.1) is 5.82 Å². The Balaban J connectivity index is 1.91. The lowest BCUT2D eigenvalue weighted by molar-refractivity contribution is -0.122. The van der Waals surface area contributed by atoms with E-state index < -0.39 is 17.8 Å². The van der Waals surface area contributed by atoms with Gasteiger partial charge < -0.3 is 10.6 Å². The minimum absolute atomic E-state index is 0.0356. The van der Waals surface area contributed by atoms with Gasteiger partial charge in [0.25, 0.3) is 0 Å². The third-order valence-corrected chi connectivity index (χ3v) is 4.51. The lowest BCUT2D eigenvalue weighted by atomic mass is 10.2. The molecule has 2 aromatic carbocycles. The van der Waals surface area contributed by atoms with Gasteiger partial charge in [0.1, 0.15) is 5.82 Å². The topological polar surface area (TPSA) is 61.4 Å². The van der Waals surface area contributed by atoms with Crippen molar-refractivity contribution in [2.45, 2.75) is 13.0 Å². The van der Waals surface area contributed by atoms with Gasteiger partial charge in [-0.2, -0.15) is 0 Å². The molecular weight excluding hydrogens is 380 g/mol. The molecule has 0 saturated heterocycles. The lowest BCUT2D eigenvalue weighted by Crippen LogP contribution is -2.43. The minimum atomic E-state index is -0.644. The Morgan fingerprint density at radius 1 is 1.12 bits per heavy atom. The van der Waals surface area contributed by atoms with E-state index in [1.165, 1.54) is 24.3 Å². The van der Waals surface area contributed by atoms with Crippen molar-refractivity contribution in [1.82, 2.24) is 4.90 Å². The van der Waals surface area contributed by atoms with Crippen LogP contribution < -0.4 is 10.6 Å². The summed E-state index contributed by atoms with van der Waals surface area (Å²) >= 11 is 11.7. The molecule has 0 aliphatic carbocycles. The molecule has 8 heteroatoms. The van der Waals surface area contributed by atoms with Gasteiger partial charge in [0.05, 0.1) is 28.3 Å². The van der Waals surface area contributed by atoms with Crippen LogP contribution in [0.5, 0.6) is 0 Å². The molecule has 0 fully saturated rings. The first-order chi connectivity index (χ1) is 12.3. The van der Waals surface area contributed by atoms with Crippen molar-refractivity contribution < 1.29 is 14.0 Å². The van der Waals surface area contributed by atoms with Crippen molar-refractivity contribution in [1.29, 1.82) is 0 Å². The Morgan fingerprint density at radius 3 is 2.46 bits per heavy atom. The third kappa shape index (κ3) is 5.42. The number of amides is 2. The fourth-order valence-corrected chi connectivity index (χ4v) is 2.44. The van der Waals surface area contributed by atoms with Gasteiger partial charge >= 0.3 is 0 Å². The molecule has 138 valence electrons. The first-order valence-corrected chi connectivity index (χ1v) is 8.54. The van der Waals surface area contributed by atoms with Crippen molar-refractivity contribution >= 4 is 46.4 Å². The Morgan fingerprint density at radius 2 is 1.81 bits per heavy atom. The number of anilines is 2. The van der Waals surface area contributed by atoms with Gasteiger partial charge in [-0.05, 0) is 44.3 Å². The van der Waals surface area contributed by atoms with Crippen LogP contribution in [-0.4, -0.2) is 36.3 Å². The summed E-state index contributed by atoms with van der Waals surface area (Å²) in [4.78, 5) is 25.9. The molecule has 0 bridgehead atoms. The van der Waals surface area contributed by atoms with Crippen LogP contribution in [0.4, 0.5) is 15.8 Å². The number of hydrogen-bond donors (Lipinski definition) is 2. The summed E-state index contributed by atoms with van der Waals surface area (Å²) in [5.41, 5.74) is 0.597. The van der Waals surface area contributed by atoms with Gasteiger partial charge in [0.15, 0.2) is 0 Å². The van der Waals surface area contributed by atoms with E-state index in [1.807, 2.05) is 0 Å². The number of carbonyl (C=O) groups excluding carboxylic acids is 2. The zero-order valence-corrected chi connectivity index (χ0v) is 15.7. The summed E-state index contributed by atoms with van der Waals surface area (Å²) in [7, 11) is 1.63. The van der Waals surface area contributed by atoms with E-state index in [2.05, 4.69) is 10.6 Å². The molecule has 26 heavy (non-hydrogen) atoms. The fraction of sp³-hybridized carbons (Fsp3) is 0.222. The number of hydrogen-bond acceptors (Lipinski definition) is 3. The number of para-hydroxylation sites is 1. The van der Waals surface area contributed by atoms with Gasteiger partial charge in [0.2, 0.25) is 11.8 Å². The fourth-order valence-electron chi connectivity index (χ4n) is 2.14. The first kappa shape index (κ1) is 20.2. The number of nitrogens with zero attached hydrogens (tertiary/aromatic N) is 1. The minimum Gasteiger partial charge on any atom is -0.325 e. The van der Waals surface area contributed by atoms with Gasteiger partial charge in [-0.1, -0.05) is 35.3 Å². The van der Waals surface area contributed by atoms with Gasteiger partial charge in [-0.3, -0.25) is 14.5 Å². The lowest BCUT2D eigenvalue weighted by Gasteiger charge is -2.23. The van der Waals surface area contributed by atoms with Crippen molar-refractivity contribution in [3.63, 3.8) is 0 Å². The van der Waals surface area contributed by atoms with Crippen molar-refractivity contribution in [3.8, 4) is 0 Å². The molecular formula is C18H18Cl2FN3O2. The second-order valence-corrected chi connectivity index (χ2v) is 6.55. The van der Waals surface area contributed by atoms with Gasteiger partial charge in [0, 0.05) is 5.69 Å². The van der Waals surface area contributed by atoms with Crippen molar-refractivity contribution in [3.05, 3.63) is 58.3 Å². The molecule has 2 amide bonds. The van der Waals surface area contributed by atoms with Crippen LogP contribution in [0.25, 0.3) is 0 Å². The van der Waals surface area contributed by atoms with Crippen LogP contribution in [0.2, 0.25) is 10.0 Å². The molecule has 2 aromatic rings. The molecule has 0 radical (unpaired) electrons. The van der Waals surface area contributed by atoms with Crippen molar-refractivity contribution in [2.24, 2.45) is 0 Å². The highest BCUT2D eigenvalue weighted by Crippen LogP contribution is 2.25. The van der Waals surface area contributed by atoms with E-state index in [4.69, 9.17) is 23.2 Å².